The topological polar surface area (TPSA) is 102 Å². The van der Waals surface area contributed by atoms with Crippen LogP contribution in [-0.4, -0.2) is 53.0 Å². The Labute approximate surface area is 115 Å². The van der Waals surface area contributed by atoms with Gasteiger partial charge in [0.05, 0.1) is 25.4 Å². The van der Waals surface area contributed by atoms with Gasteiger partial charge in [-0.2, -0.15) is 0 Å². The molecule has 1 rings (SSSR count). The van der Waals surface area contributed by atoms with Gasteiger partial charge in [-0.15, -0.1) is 11.3 Å². The van der Waals surface area contributed by atoms with Crippen LogP contribution in [0.25, 0.3) is 0 Å². The molecule has 0 amide bonds. The number of carboxylic acids is 1. The second-order valence-electron chi connectivity index (χ2n) is 3.46. The van der Waals surface area contributed by atoms with Gasteiger partial charge in [-0.05, 0) is 6.07 Å². The molecule has 0 radical (unpaired) electrons. The highest BCUT2D eigenvalue weighted by atomic mass is 32.2. The van der Waals surface area contributed by atoms with E-state index in [-0.39, 0.29) is 22.9 Å². The van der Waals surface area contributed by atoms with E-state index in [0.717, 1.165) is 17.4 Å². The number of hydrogen-bond acceptors (Lipinski definition) is 6. The lowest BCUT2D eigenvalue weighted by Crippen LogP contribution is -2.27. The molecular weight excluding hydrogens is 294 g/mol. The molecule has 0 aliphatic rings. The number of hydrogen-bond donors (Lipinski definition) is 2. The Balaban J connectivity index is 2.44. The Morgan fingerprint density at radius 2 is 2.16 bits per heavy atom. The van der Waals surface area contributed by atoms with Gasteiger partial charge >= 0.3 is 5.97 Å². The van der Waals surface area contributed by atoms with Gasteiger partial charge in [0.25, 0.3) is 0 Å². The number of carbonyl (C=O) groups is 1. The zero-order chi connectivity index (χ0) is 14.3. The molecule has 1 aromatic heterocycles. The molecule has 9 heteroatoms. The molecule has 0 aliphatic heterocycles. The van der Waals surface area contributed by atoms with Crippen molar-refractivity contribution in [3.8, 4) is 0 Å². The average Bonchev–Trinajstić information content (AvgIpc) is 2.84. The third-order valence-corrected chi connectivity index (χ3v) is 4.96. The predicted molar refractivity (Wildman–Crippen MR) is 69.2 cm³/mol. The third-order valence-electron chi connectivity index (χ3n) is 2.06. The maximum Gasteiger partial charge on any atom is 0.336 e. The molecule has 0 unspecified atom stereocenters. The fraction of sp³-hybridized carbons (Fsp3) is 0.500. The van der Waals surface area contributed by atoms with Crippen molar-refractivity contribution in [2.24, 2.45) is 0 Å². The van der Waals surface area contributed by atoms with Crippen LogP contribution < -0.4 is 4.72 Å². The Morgan fingerprint density at radius 3 is 2.74 bits per heavy atom. The Bertz CT molecular complexity index is 510. The minimum atomic E-state index is -3.67. The van der Waals surface area contributed by atoms with Crippen LogP contribution in [0.5, 0.6) is 0 Å². The lowest BCUT2D eigenvalue weighted by atomic mass is 10.4. The first-order valence-corrected chi connectivity index (χ1v) is 7.72. The number of carboxylic acid groups (broad SMARTS) is 1. The highest BCUT2D eigenvalue weighted by molar-refractivity contribution is 7.91. The van der Waals surface area contributed by atoms with E-state index < -0.39 is 16.0 Å². The molecule has 0 bridgehead atoms. The summed E-state index contributed by atoms with van der Waals surface area (Å²) in [7, 11) is -2.13. The molecule has 0 saturated carbocycles. The van der Waals surface area contributed by atoms with E-state index in [9.17, 15) is 13.2 Å². The van der Waals surface area contributed by atoms with Crippen molar-refractivity contribution in [3.05, 3.63) is 17.0 Å². The summed E-state index contributed by atoms with van der Waals surface area (Å²) >= 11 is 0.865. The summed E-state index contributed by atoms with van der Waals surface area (Å²) in [5.41, 5.74) is -0.0401. The van der Waals surface area contributed by atoms with Gasteiger partial charge in [0.15, 0.2) is 0 Å². The van der Waals surface area contributed by atoms with Crippen LogP contribution in [0.3, 0.4) is 0 Å². The van der Waals surface area contributed by atoms with Crippen molar-refractivity contribution in [3.63, 3.8) is 0 Å². The third kappa shape index (κ3) is 5.25. The van der Waals surface area contributed by atoms with Gasteiger partial charge in [-0.3, -0.25) is 0 Å². The number of aromatic carboxylic acids is 1. The van der Waals surface area contributed by atoms with Crippen molar-refractivity contribution in [2.75, 3.05) is 33.5 Å². The van der Waals surface area contributed by atoms with Gasteiger partial charge < -0.3 is 14.6 Å². The fourth-order valence-corrected chi connectivity index (χ4v) is 3.34. The summed E-state index contributed by atoms with van der Waals surface area (Å²) in [6.07, 6.45) is 0. The Kier molecular flexibility index (Phi) is 6.38. The first-order chi connectivity index (χ1) is 8.97. The first kappa shape index (κ1) is 16.1. The van der Waals surface area contributed by atoms with E-state index in [1.807, 2.05) is 0 Å². The quantitative estimate of drug-likeness (QED) is 0.640. The van der Waals surface area contributed by atoms with Crippen LogP contribution in [0.15, 0.2) is 15.7 Å². The van der Waals surface area contributed by atoms with Crippen molar-refractivity contribution in [1.29, 1.82) is 0 Å². The average molecular weight is 309 g/mol. The maximum absolute atomic E-state index is 11.8. The molecule has 0 saturated heterocycles. The molecule has 7 nitrogen and oxygen atoms in total. The van der Waals surface area contributed by atoms with Gasteiger partial charge in [-0.1, -0.05) is 0 Å². The zero-order valence-electron chi connectivity index (χ0n) is 10.3. The number of thiophene rings is 1. The van der Waals surface area contributed by atoms with E-state index in [0.29, 0.717) is 13.2 Å². The maximum atomic E-state index is 11.8. The largest absolute Gasteiger partial charge is 0.478 e. The van der Waals surface area contributed by atoms with E-state index in [1.54, 1.807) is 7.11 Å². The fourth-order valence-electron chi connectivity index (χ4n) is 1.13. The minimum Gasteiger partial charge on any atom is -0.478 e. The SMILES string of the molecule is COCCOCCNS(=O)(=O)c1cc(C(=O)O)cs1. The van der Waals surface area contributed by atoms with Crippen molar-refractivity contribution >= 4 is 27.3 Å². The van der Waals surface area contributed by atoms with Gasteiger partial charge in [0.1, 0.15) is 4.21 Å². The Hall–Kier alpha value is -1.00. The second-order valence-corrected chi connectivity index (χ2v) is 6.37. The number of methoxy groups -OCH3 is 1. The first-order valence-electron chi connectivity index (χ1n) is 5.35. The molecule has 0 aliphatic carbocycles. The van der Waals surface area contributed by atoms with E-state index in [2.05, 4.69) is 4.72 Å². The smallest absolute Gasteiger partial charge is 0.336 e. The lowest BCUT2D eigenvalue weighted by Gasteiger charge is -2.05. The monoisotopic (exact) mass is 309 g/mol. The summed E-state index contributed by atoms with van der Waals surface area (Å²) in [6, 6.07) is 1.13. The van der Waals surface area contributed by atoms with Gasteiger partial charge in [0.2, 0.25) is 10.0 Å². The Morgan fingerprint density at radius 1 is 1.42 bits per heavy atom. The number of nitrogens with one attached hydrogen (secondary N) is 1. The van der Waals surface area contributed by atoms with Crippen LogP contribution in [0, 0.1) is 0 Å². The standard InChI is InChI=1S/C10H15NO6S2/c1-16-4-5-17-3-2-11-19(14,15)9-6-8(7-18-9)10(12)13/h6-7,11H,2-5H2,1H3,(H,12,13). The molecule has 0 aromatic carbocycles. The van der Waals surface area contributed by atoms with Gasteiger partial charge in [-0.25, -0.2) is 17.9 Å². The molecular formula is C10H15NO6S2. The van der Waals surface area contributed by atoms with Crippen LogP contribution >= 0.6 is 11.3 Å². The predicted octanol–water partition coefficient (Wildman–Crippen LogP) is 0.388. The summed E-state index contributed by atoms with van der Waals surface area (Å²) in [5.74, 6) is -1.15. The minimum absolute atomic E-state index is 0.0261. The van der Waals surface area contributed by atoms with Crippen molar-refractivity contribution < 1.29 is 27.8 Å². The highest BCUT2D eigenvalue weighted by Crippen LogP contribution is 2.19. The van der Waals surface area contributed by atoms with Crippen LogP contribution in [0.1, 0.15) is 10.4 Å². The number of ether oxygens (including phenoxy) is 2. The number of rotatable bonds is 9. The lowest BCUT2D eigenvalue weighted by molar-refractivity contribution is 0.0697. The highest BCUT2D eigenvalue weighted by Gasteiger charge is 2.18. The molecule has 1 heterocycles. The molecule has 0 spiro atoms. The molecule has 0 fully saturated rings. The van der Waals surface area contributed by atoms with Crippen molar-refractivity contribution in [2.45, 2.75) is 4.21 Å². The summed E-state index contributed by atoms with van der Waals surface area (Å²) in [5, 5.41) is 10.0. The second kappa shape index (κ2) is 7.56. The van der Waals surface area contributed by atoms with Gasteiger partial charge in [0, 0.05) is 19.0 Å². The van der Waals surface area contributed by atoms with Crippen LogP contribution in [0.2, 0.25) is 0 Å². The molecule has 1 aromatic rings. The van der Waals surface area contributed by atoms with Crippen LogP contribution in [0.4, 0.5) is 0 Å². The summed E-state index contributed by atoms with van der Waals surface area (Å²) in [6.45, 7) is 1.17. The molecule has 0 atom stereocenters. The molecule has 19 heavy (non-hydrogen) atoms. The number of sulfonamides is 1. The summed E-state index contributed by atoms with van der Waals surface area (Å²) < 4.78 is 35.7. The summed E-state index contributed by atoms with van der Waals surface area (Å²) in [4.78, 5) is 10.7. The normalized spacial score (nSPS) is 11.6. The zero-order valence-corrected chi connectivity index (χ0v) is 11.9. The van der Waals surface area contributed by atoms with E-state index in [1.165, 1.54) is 5.38 Å². The van der Waals surface area contributed by atoms with E-state index in [4.69, 9.17) is 14.6 Å². The van der Waals surface area contributed by atoms with Crippen molar-refractivity contribution in [1.82, 2.24) is 4.72 Å². The molecule has 108 valence electrons. The van der Waals surface area contributed by atoms with E-state index >= 15 is 0 Å². The van der Waals surface area contributed by atoms with Crippen LogP contribution in [-0.2, 0) is 19.5 Å². The molecule has 2 N–H and O–H groups in total.